The molecule has 2 unspecified atom stereocenters. The monoisotopic (exact) mass is 422 g/mol. The third-order valence-corrected chi connectivity index (χ3v) is 6.87. The molecule has 30 heavy (non-hydrogen) atoms. The van der Waals surface area contributed by atoms with Gasteiger partial charge in [-0.15, -0.1) is 11.8 Å². The Hall–Kier alpha value is -2.08. The van der Waals surface area contributed by atoms with Gasteiger partial charge in [-0.1, -0.05) is 47.5 Å². The quantitative estimate of drug-likeness (QED) is 0.459. The van der Waals surface area contributed by atoms with Gasteiger partial charge in [-0.25, -0.2) is 4.98 Å². The van der Waals surface area contributed by atoms with Crippen LogP contribution in [0.5, 0.6) is 0 Å². The molecule has 0 amide bonds. The average molecular weight is 423 g/mol. The Morgan fingerprint density at radius 1 is 1.10 bits per heavy atom. The summed E-state index contributed by atoms with van der Waals surface area (Å²) in [4.78, 5) is 5.50. The number of aromatic nitrogens is 2. The first kappa shape index (κ1) is 21.2. The van der Waals surface area contributed by atoms with Crippen LogP contribution in [-0.4, -0.2) is 33.8 Å². The number of imidazole rings is 1. The first-order chi connectivity index (χ1) is 14.5. The number of ether oxygens (including phenoxy) is 2. The van der Waals surface area contributed by atoms with Crippen LogP contribution >= 0.6 is 11.8 Å². The third-order valence-electron chi connectivity index (χ3n) is 5.57. The van der Waals surface area contributed by atoms with E-state index in [0.717, 1.165) is 18.6 Å². The molecule has 1 aliphatic heterocycles. The van der Waals surface area contributed by atoms with Crippen LogP contribution in [0.15, 0.2) is 66.1 Å². The Morgan fingerprint density at radius 3 is 2.63 bits per heavy atom. The lowest BCUT2D eigenvalue weighted by atomic mass is 10.0. The van der Waals surface area contributed by atoms with E-state index in [0.29, 0.717) is 13.2 Å². The van der Waals surface area contributed by atoms with E-state index in [4.69, 9.17) is 9.47 Å². The molecule has 0 bridgehead atoms. The Balaban J connectivity index is 1.41. The number of rotatable bonds is 8. The van der Waals surface area contributed by atoms with Gasteiger partial charge in [-0.2, -0.15) is 0 Å². The molecule has 1 fully saturated rings. The lowest BCUT2D eigenvalue weighted by molar-refractivity contribution is -0.180. The molecular formula is C25H30N2O2S. The molecule has 0 saturated carbocycles. The van der Waals surface area contributed by atoms with Crippen LogP contribution in [0.3, 0.4) is 0 Å². The summed E-state index contributed by atoms with van der Waals surface area (Å²) in [6.45, 7) is 7.70. The maximum Gasteiger partial charge on any atom is 0.187 e. The molecule has 0 N–H and O–H groups in total. The number of benzene rings is 2. The molecule has 0 spiro atoms. The van der Waals surface area contributed by atoms with E-state index in [1.165, 1.54) is 27.1 Å². The van der Waals surface area contributed by atoms with Crippen LogP contribution in [0, 0.1) is 20.8 Å². The largest absolute Gasteiger partial charge is 0.345 e. The van der Waals surface area contributed by atoms with E-state index >= 15 is 0 Å². The van der Waals surface area contributed by atoms with Gasteiger partial charge in [0, 0.05) is 29.5 Å². The molecule has 5 heteroatoms. The predicted octanol–water partition coefficient (Wildman–Crippen LogP) is 5.35. The van der Waals surface area contributed by atoms with Crippen molar-refractivity contribution >= 4 is 11.8 Å². The highest BCUT2D eigenvalue weighted by Crippen LogP contribution is 2.34. The van der Waals surface area contributed by atoms with E-state index in [1.807, 2.05) is 24.3 Å². The van der Waals surface area contributed by atoms with Crippen molar-refractivity contribution in [3.8, 4) is 0 Å². The van der Waals surface area contributed by atoms with Crippen molar-refractivity contribution in [3.63, 3.8) is 0 Å². The molecule has 3 aromatic rings. The molecule has 2 atom stereocenters. The zero-order chi connectivity index (χ0) is 21.0. The number of aryl methyl sites for hydroxylation is 4. The molecule has 158 valence electrons. The van der Waals surface area contributed by atoms with Crippen molar-refractivity contribution in [1.29, 1.82) is 0 Å². The highest BCUT2D eigenvalue weighted by Gasteiger charge is 2.41. The van der Waals surface area contributed by atoms with Gasteiger partial charge >= 0.3 is 0 Å². The van der Waals surface area contributed by atoms with Crippen molar-refractivity contribution < 1.29 is 9.47 Å². The van der Waals surface area contributed by atoms with Gasteiger partial charge in [-0.3, -0.25) is 0 Å². The van der Waals surface area contributed by atoms with Crippen LogP contribution < -0.4 is 0 Å². The number of hydrogen-bond acceptors (Lipinski definition) is 4. The Kier molecular flexibility index (Phi) is 6.61. The Labute approximate surface area is 183 Å². The van der Waals surface area contributed by atoms with E-state index in [-0.39, 0.29) is 6.10 Å². The molecule has 2 aromatic carbocycles. The molecular weight excluding hydrogens is 392 g/mol. The van der Waals surface area contributed by atoms with Crippen LogP contribution in [0.2, 0.25) is 0 Å². The molecule has 0 aliphatic carbocycles. The molecule has 1 aliphatic rings. The Morgan fingerprint density at radius 2 is 1.90 bits per heavy atom. The summed E-state index contributed by atoms with van der Waals surface area (Å²) in [6, 6.07) is 15.3. The number of thioether (sulfide) groups is 1. The second-order valence-corrected chi connectivity index (χ2v) is 9.32. The fraction of sp³-hybridized carbons (Fsp3) is 0.400. The maximum atomic E-state index is 6.56. The molecule has 4 rings (SSSR count). The van der Waals surface area contributed by atoms with Gasteiger partial charge < -0.3 is 14.0 Å². The van der Waals surface area contributed by atoms with Crippen molar-refractivity contribution in [2.75, 3.05) is 12.4 Å². The standard InChI is InChI=1S/C25H30N2O2S/c1-19-4-7-22(8-5-19)10-11-25(17-27-13-12-26-18-27)28-15-23(29-25)16-30-24-9-6-20(2)14-21(24)3/h4-9,12-14,18,23H,10-11,15-17H2,1-3H3. The van der Waals surface area contributed by atoms with Crippen molar-refractivity contribution in [3.05, 3.63) is 83.4 Å². The minimum absolute atomic E-state index is 0.0808. The molecule has 2 heterocycles. The van der Waals surface area contributed by atoms with Gasteiger partial charge in [0.05, 0.1) is 25.6 Å². The third kappa shape index (κ3) is 5.34. The minimum Gasteiger partial charge on any atom is -0.345 e. The van der Waals surface area contributed by atoms with E-state index in [1.54, 1.807) is 6.20 Å². The summed E-state index contributed by atoms with van der Waals surface area (Å²) in [5, 5.41) is 0. The van der Waals surface area contributed by atoms with Crippen LogP contribution in [0.1, 0.15) is 28.7 Å². The van der Waals surface area contributed by atoms with E-state index < -0.39 is 5.79 Å². The second-order valence-electron chi connectivity index (χ2n) is 8.26. The summed E-state index contributed by atoms with van der Waals surface area (Å²) in [7, 11) is 0. The minimum atomic E-state index is -0.612. The lowest BCUT2D eigenvalue weighted by Gasteiger charge is -2.28. The lowest BCUT2D eigenvalue weighted by Crippen LogP contribution is -2.37. The van der Waals surface area contributed by atoms with Gasteiger partial charge in [0.2, 0.25) is 0 Å². The SMILES string of the molecule is Cc1ccc(CCC2(Cn3ccnc3)OCC(CSc3ccc(C)cc3C)O2)cc1. The topological polar surface area (TPSA) is 36.3 Å². The zero-order valence-corrected chi connectivity index (χ0v) is 18.8. The highest BCUT2D eigenvalue weighted by molar-refractivity contribution is 7.99. The maximum absolute atomic E-state index is 6.56. The number of hydrogen-bond donors (Lipinski definition) is 0. The highest BCUT2D eigenvalue weighted by atomic mass is 32.2. The molecule has 4 nitrogen and oxygen atoms in total. The molecule has 0 radical (unpaired) electrons. The number of nitrogens with zero attached hydrogens (tertiary/aromatic N) is 2. The van der Waals surface area contributed by atoms with Crippen LogP contribution in [0.4, 0.5) is 0 Å². The van der Waals surface area contributed by atoms with Crippen molar-refractivity contribution in [2.45, 2.75) is 56.9 Å². The van der Waals surface area contributed by atoms with E-state index in [9.17, 15) is 0 Å². The second kappa shape index (κ2) is 9.38. The summed E-state index contributed by atoms with van der Waals surface area (Å²) < 4.78 is 14.9. The van der Waals surface area contributed by atoms with Gasteiger partial charge in [0.25, 0.3) is 0 Å². The van der Waals surface area contributed by atoms with Gasteiger partial charge in [0.15, 0.2) is 5.79 Å². The first-order valence-corrected chi connectivity index (χ1v) is 11.5. The van der Waals surface area contributed by atoms with Crippen molar-refractivity contribution in [2.24, 2.45) is 0 Å². The fourth-order valence-corrected chi connectivity index (χ4v) is 4.86. The normalized spacial score (nSPS) is 21.2. The smallest absolute Gasteiger partial charge is 0.187 e. The zero-order valence-electron chi connectivity index (χ0n) is 18.0. The van der Waals surface area contributed by atoms with Crippen LogP contribution in [0.25, 0.3) is 0 Å². The van der Waals surface area contributed by atoms with Gasteiger partial charge in [0.1, 0.15) is 0 Å². The summed E-state index contributed by atoms with van der Waals surface area (Å²) in [5.74, 6) is 0.277. The van der Waals surface area contributed by atoms with Gasteiger partial charge in [-0.05, 0) is 44.4 Å². The molecule has 1 aromatic heterocycles. The first-order valence-electron chi connectivity index (χ1n) is 10.5. The van der Waals surface area contributed by atoms with Crippen molar-refractivity contribution in [1.82, 2.24) is 9.55 Å². The van der Waals surface area contributed by atoms with Crippen LogP contribution in [-0.2, 0) is 22.4 Å². The summed E-state index contributed by atoms with van der Waals surface area (Å²) in [5.41, 5.74) is 5.21. The van der Waals surface area contributed by atoms with E-state index in [2.05, 4.69) is 72.8 Å². The molecule has 1 saturated heterocycles. The predicted molar refractivity (Wildman–Crippen MR) is 122 cm³/mol. The fourth-order valence-electron chi connectivity index (χ4n) is 3.88. The Bertz CT molecular complexity index is 956. The summed E-state index contributed by atoms with van der Waals surface area (Å²) >= 11 is 1.85. The average Bonchev–Trinajstić information content (AvgIpc) is 3.38. The summed E-state index contributed by atoms with van der Waals surface area (Å²) in [6.07, 6.45) is 7.43.